The molecule has 154 valence electrons. The fourth-order valence-electron chi connectivity index (χ4n) is 3.59. The van der Waals surface area contributed by atoms with Crippen LogP contribution in [0.25, 0.3) is 0 Å². The molecule has 0 saturated carbocycles. The van der Waals surface area contributed by atoms with Crippen molar-refractivity contribution in [3.63, 3.8) is 0 Å². The summed E-state index contributed by atoms with van der Waals surface area (Å²) >= 11 is 0. The lowest BCUT2D eigenvalue weighted by atomic mass is 10.1. The molecule has 2 amide bonds. The highest BCUT2D eigenvalue weighted by atomic mass is 16.5. The van der Waals surface area contributed by atoms with Crippen molar-refractivity contribution in [1.82, 2.24) is 19.2 Å². The number of anilines is 1. The van der Waals surface area contributed by atoms with Gasteiger partial charge in [0, 0.05) is 32.0 Å². The molecule has 3 heterocycles. The molecular formula is C20H26N6O3. The number of hydrogen-bond donors (Lipinski definition) is 1. The van der Waals surface area contributed by atoms with Gasteiger partial charge in [-0.2, -0.15) is 10.4 Å². The predicted octanol–water partition coefficient (Wildman–Crippen LogP) is 2.93. The lowest BCUT2D eigenvalue weighted by Gasteiger charge is -2.32. The van der Waals surface area contributed by atoms with Crippen molar-refractivity contribution in [2.45, 2.75) is 46.2 Å². The smallest absolute Gasteiger partial charge is 0.357 e. The molecule has 1 aliphatic rings. The van der Waals surface area contributed by atoms with Crippen LogP contribution in [0.3, 0.4) is 0 Å². The summed E-state index contributed by atoms with van der Waals surface area (Å²) in [5.74, 6) is -0.557. The van der Waals surface area contributed by atoms with Crippen molar-refractivity contribution in [2.24, 2.45) is 0 Å². The van der Waals surface area contributed by atoms with E-state index in [0.717, 1.165) is 18.4 Å². The van der Waals surface area contributed by atoms with E-state index in [1.54, 1.807) is 22.6 Å². The van der Waals surface area contributed by atoms with E-state index >= 15 is 0 Å². The number of ether oxygens (including phenoxy) is 1. The molecule has 0 radical (unpaired) electrons. The van der Waals surface area contributed by atoms with E-state index in [2.05, 4.69) is 16.5 Å². The normalized spacial score (nSPS) is 14.5. The number of carbonyl (C=O) groups excluding carboxylic acids is 2. The van der Waals surface area contributed by atoms with Gasteiger partial charge in [0.05, 0.1) is 30.1 Å². The lowest BCUT2D eigenvalue weighted by Crippen LogP contribution is -2.41. The number of nitrogens with one attached hydrogen (secondary N) is 1. The molecule has 0 aromatic carbocycles. The summed E-state index contributed by atoms with van der Waals surface area (Å²) in [4.78, 5) is 26.9. The molecule has 0 unspecified atom stereocenters. The summed E-state index contributed by atoms with van der Waals surface area (Å²) in [6.07, 6.45) is 6.99. The SMILES string of the molecule is CCOC(=O)c1c(NC(=O)N2CCC(n3cc(C)cn3)CC2)c(C#N)cn1CC. The van der Waals surface area contributed by atoms with Gasteiger partial charge in [0.2, 0.25) is 0 Å². The second-order valence-corrected chi connectivity index (χ2v) is 7.03. The molecular weight excluding hydrogens is 372 g/mol. The van der Waals surface area contributed by atoms with Gasteiger partial charge in [-0.15, -0.1) is 0 Å². The summed E-state index contributed by atoms with van der Waals surface area (Å²) in [7, 11) is 0. The molecule has 1 N–H and O–H groups in total. The first-order valence-electron chi connectivity index (χ1n) is 9.85. The van der Waals surface area contributed by atoms with Gasteiger partial charge >= 0.3 is 12.0 Å². The number of piperidine rings is 1. The van der Waals surface area contributed by atoms with Crippen LogP contribution in [0.5, 0.6) is 0 Å². The zero-order valence-electron chi connectivity index (χ0n) is 17.0. The minimum absolute atomic E-state index is 0.196. The molecule has 0 atom stereocenters. The van der Waals surface area contributed by atoms with Crippen LogP contribution in [0.15, 0.2) is 18.6 Å². The third kappa shape index (κ3) is 4.26. The summed E-state index contributed by atoms with van der Waals surface area (Å²) in [6.45, 7) is 7.41. The first kappa shape index (κ1) is 20.5. The monoisotopic (exact) mass is 398 g/mol. The van der Waals surface area contributed by atoms with Crippen molar-refractivity contribution in [3.05, 3.63) is 35.4 Å². The number of aryl methyl sites for hydroxylation is 2. The minimum Gasteiger partial charge on any atom is -0.461 e. The molecule has 0 spiro atoms. The number of nitriles is 1. The van der Waals surface area contributed by atoms with E-state index in [1.807, 2.05) is 30.9 Å². The summed E-state index contributed by atoms with van der Waals surface area (Å²) in [5, 5.41) is 16.6. The number of nitrogens with zero attached hydrogens (tertiary/aromatic N) is 5. The van der Waals surface area contributed by atoms with Crippen molar-refractivity contribution < 1.29 is 14.3 Å². The molecule has 2 aromatic rings. The number of urea groups is 1. The zero-order valence-corrected chi connectivity index (χ0v) is 17.0. The maximum absolute atomic E-state index is 12.8. The summed E-state index contributed by atoms with van der Waals surface area (Å²) in [5.41, 5.74) is 1.76. The Morgan fingerprint density at radius 1 is 1.31 bits per heavy atom. The van der Waals surface area contributed by atoms with E-state index in [0.29, 0.717) is 19.6 Å². The molecule has 9 nitrogen and oxygen atoms in total. The van der Waals surface area contributed by atoms with Crippen molar-refractivity contribution in [3.8, 4) is 6.07 Å². The minimum atomic E-state index is -0.557. The number of likely N-dealkylation sites (tertiary alicyclic amines) is 1. The zero-order chi connectivity index (χ0) is 21.0. The molecule has 0 aliphatic carbocycles. The molecule has 1 fully saturated rings. The van der Waals surface area contributed by atoms with Crippen LogP contribution in [-0.4, -0.2) is 50.9 Å². The van der Waals surface area contributed by atoms with Crippen LogP contribution < -0.4 is 5.32 Å². The second kappa shape index (κ2) is 8.82. The molecule has 0 bridgehead atoms. The number of aromatic nitrogens is 3. The Kier molecular flexibility index (Phi) is 6.22. The van der Waals surface area contributed by atoms with E-state index < -0.39 is 5.97 Å². The molecule has 9 heteroatoms. The van der Waals surface area contributed by atoms with E-state index in [-0.39, 0.29) is 35.6 Å². The maximum atomic E-state index is 12.8. The van der Waals surface area contributed by atoms with Crippen LogP contribution in [0, 0.1) is 18.3 Å². The fraction of sp³-hybridized carbons (Fsp3) is 0.500. The van der Waals surface area contributed by atoms with E-state index in [9.17, 15) is 14.9 Å². The van der Waals surface area contributed by atoms with Crippen molar-refractivity contribution >= 4 is 17.7 Å². The van der Waals surface area contributed by atoms with E-state index in [4.69, 9.17) is 4.74 Å². The maximum Gasteiger partial charge on any atom is 0.357 e. The van der Waals surface area contributed by atoms with Gasteiger partial charge in [0.15, 0.2) is 5.69 Å². The molecule has 2 aromatic heterocycles. The van der Waals surface area contributed by atoms with Gasteiger partial charge in [-0.1, -0.05) is 0 Å². The Bertz CT molecular complexity index is 931. The first-order chi connectivity index (χ1) is 14.0. The fourth-order valence-corrected chi connectivity index (χ4v) is 3.59. The Labute approximate surface area is 169 Å². The van der Waals surface area contributed by atoms with Crippen LogP contribution in [-0.2, 0) is 11.3 Å². The number of rotatable bonds is 5. The standard InChI is InChI=1S/C20H26N6O3/c1-4-24-13-15(10-21)17(18(24)19(27)29-5-2)23-20(28)25-8-6-16(7-9-25)26-12-14(3)11-22-26/h11-13,16H,4-9H2,1-3H3,(H,23,28). The van der Waals surface area contributed by atoms with Crippen LogP contribution in [0.4, 0.5) is 10.5 Å². The first-order valence-corrected chi connectivity index (χ1v) is 9.85. The number of carbonyl (C=O) groups is 2. The highest BCUT2D eigenvalue weighted by molar-refractivity contribution is 6.01. The third-order valence-corrected chi connectivity index (χ3v) is 5.10. The Morgan fingerprint density at radius 2 is 2.03 bits per heavy atom. The predicted molar refractivity (Wildman–Crippen MR) is 107 cm³/mol. The lowest BCUT2D eigenvalue weighted by molar-refractivity contribution is 0.0515. The summed E-state index contributed by atoms with van der Waals surface area (Å²) in [6, 6.07) is 1.99. The van der Waals surface area contributed by atoms with Gasteiger partial charge in [0.25, 0.3) is 0 Å². The number of hydrogen-bond acceptors (Lipinski definition) is 5. The topological polar surface area (TPSA) is 105 Å². The number of amides is 2. The van der Waals surface area contributed by atoms with Gasteiger partial charge in [-0.25, -0.2) is 9.59 Å². The molecule has 29 heavy (non-hydrogen) atoms. The van der Waals surface area contributed by atoms with E-state index in [1.165, 1.54) is 0 Å². The van der Waals surface area contributed by atoms with Gasteiger partial charge in [0.1, 0.15) is 6.07 Å². The Hall–Kier alpha value is -3.28. The summed E-state index contributed by atoms with van der Waals surface area (Å²) < 4.78 is 8.70. The highest BCUT2D eigenvalue weighted by Crippen LogP contribution is 2.27. The highest BCUT2D eigenvalue weighted by Gasteiger charge is 2.28. The van der Waals surface area contributed by atoms with Gasteiger partial charge in [-0.05, 0) is 39.2 Å². The Morgan fingerprint density at radius 3 is 2.59 bits per heavy atom. The third-order valence-electron chi connectivity index (χ3n) is 5.10. The average Bonchev–Trinajstić information content (AvgIpc) is 3.31. The van der Waals surface area contributed by atoms with Gasteiger partial charge < -0.3 is 19.5 Å². The van der Waals surface area contributed by atoms with Crippen LogP contribution in [0.1, 0.15) is 54.3 Å². The quantitative estimate of drug-likeness (QED) is 0.780. The average molecular weight is 398 g/mol. The molecule has 1 saturated heterocycles. The molecule has 1 aliphatic heterocycles. The van der Waals surface area contributed by atoms with Gasteiger partial charge in [-0.3, -0.25) is 4.68 Å². The van der Waals surface area contributed by atoms with Crippen LogP contribution in [0.2, 0.25) is 0 Å². The molecule has 3 rings (SSSR count). The largest absolute Gasteiger partial charge is 0.461 e. The van der Waals surface area contributed by atoms with Crippen molar-refractivity contribution in [1.29, 1.82) is 5.26 Å². The second-order valence-electron chi connectivity index (χ2n) is 7.03. The van der Waals surface area contributed by atoms with Crippen LogP contribution >= 0.6 is 0 Å². The van der Waals surface area contributed by atoms with Crippen molar-refractivity contribution in [2.75, 3.05) is 25.0 Å². The number of esters is 1. The Balaban J connectivity index is 1.73.